The van der Waals surface area contributed by atoms with Crippen LogP contribution in [0.25, 0.3) is 0 Å². The molecular weight excluding hydrogens is 245 g/mol. The zero-order valence-electron chi connectivity index (χ0n) is 11.3. The third kappa shape index (κ3) is 3.23. The SMILES string of the molecule is CNCCC1C(=O)NC(C)CN1c1cccc(F)c1. The van der Waals surface area contributed by atoms with Gasteiger partial charge in [-0.1, -0.05) is 6.07 Å². The largest absolute Gasteiger partial charge is 0.357 e. The second-order valence-corrected chi connectivity index (χ2v) is 4.95. The fourth-order valence-corrected chi connectivity index (χ4v) is 2.46. The molecule has 2 N–H and O–H groups in total. The zero-order chi connectivity index (χ0) is 13.8. The highest BCUT2D eigenvalue weighted by Gasteiger charge is 2.32. The molecule has 1 aromatic carbocycles. The maximum absolute atomic E-state index is 13.4. The highest BCUT2D eigenvalue weighted by Crippen LogP contribution is 2.22. The Morgan fingerprint density at radius 3 is 3.00 bits per heavy atom. The summed E-state index contributed by atoms with van der Waals surface area (Å²) in [5, 5.41) is 6.00. The minimum atomic E-state index is -0.275. The van der Waals surface area contributed by atoms with E-state index in [-0.39, 0.29) is 23.8 Å². The normalized spacial score (nSPS) is 23.3. The number of halogens is 1. The molecule has 1 aromatic rings. The van der Waals surface area contributed by atoms with Gasteiger partial charge in [-0.25, -0.2) is 4.39 Å². The molecule has 0 aromatic heterocycles. The molecule has 1 amide bonds. The number of carbonyl (C=O) groups excluding carboxylic acids is 1. The minimum Gasteiger partial charge on any atom is -0.357 e. The molecule has 0 saturated carbocycles. The van der Waals surface area contributed by atoms with Crippen molar-refractivity contribution in [1.29, 1.82) is 0 Å². The molecule has 0 spiro atoms. The maximum Gasteiger partial charge on any atom is 0.243 e. The zero-order valence-corrected chi connectivity index (χ0v) is 11.3. The van der Waals surface area contributed by atoms with Crippen LogP contribution in [0.1, 0.15) is 13.3 Å². The summed E-state index contributed by atoms with van der Waals surface area (Å²) in [6, 6.07) is 6.25. The predicted molar refractivity (Wildman–Crippen MR) is 73.7 cm³/mol. The van der Waals surface area contributed by atoms with Gasteiger partial charge < -0.3 is 15.5 Å². The van der Waals surface area contributed by atoms with Gasteiger partial charge in [-0.05, 0) is 45.1 Å². The third-order valence-electron chi connectivity index (χ3n) is 3.35. The number of piperazine rings is 1. The summed E-state index contributed by atoms with van der Waals surface area (Å²) >= 11 is 0. The van der Waals surface area contributed by atoms with E-state index in [4.69, 9.17) is 0 Å². The maximum atomic E-state index is 13.4. The molecule has 0 bridgehead atoms. The number of carbonyl (C=O) groups is 1. The Morgan fingerprint density at radius 2 is 2.32 bits per heavy atom. The molecule has 2 atom stereocenters. The van der Waals surface area contributed by atoms with Gasteiger partial charge in [0.2, 0.25) is 5.91 Å². The van der Waals surface area contributed by atoms with Crippen molar-refractivity contribution in [3.8, 4) is 0 Å². The number of anilines is 1. The molecule has 1 heterocycles. The second kappa shape index (κ2) is 6.02. The predicted octanol–water partition coefficient (Wildman–Crippen LogP) is 1.13. The van der Waals surface area contributed by atoms with Crippen LogP contribution in [0.2, 0.25) is 0 Å². The number of hydrogen-bond acceptors (Lipinski definition) is 3. The second-order valence-electron chi connectivity index (χ2n) is 4.95. The van der Waals surface area contributed by atoms with E-state index in [0.717, 1.165) is 12.2 Å². The van der Waals surface area contributed by atoms with Crippen molar-refractivity contribution in [1.82, 2.24) is 10.6 Å². The Morgan fingerprint density at radius 1 is 1.53 bits per heavy atom. The van der Waals surface area contributed by atoms with Gasteiger partial charge in [0.05, 0.1) is 0 Å². The van der Waals surface area contributed by atoms with Crippen molar-refractivity contribution in [2.75, 3.05) is 25.0 Å². The van der Waals surface area contributed by atoms with Crippen molar-refractivity contribution in [2.45, 2.75) is 25.4 Å². The Hall–Kier alpha value is -1.62. The Kier molecular flexibility index (Phi) is 4.37. The van der Waals surface area contributed by atoms with Crippen LogP contribution in [0.3, 0.4) is 0 Å². The smallest absolute Gasteiger partial charge is 0.243 e. The first-order chi connectivity index (χ1) is 9.11. The van der Waals surface area contributed by atoms with Gasteiger partial charge in [0, 0.05) is 18.3 Å². The summed E-state index contributed by atoms with van der Waals surface area (Å²) in [7, 11) is 1.86. The molecular formula is C14H20FN3O. The summed E-state index contributed by atoms with van der Waals surface area (Å²) in [6.45, 7) is 3.40. The van der Waals surface area contributed by atoms with E-state index in [2.05, 4.69) is 10.6 Å². The van der Waals surface area contributed by atoms with Crippen LogP contribution in [-0.4, -0.2) is 38.1 Å². The monoisotopic (exact) mass is 265 g/mol. The van der Waals surface area contributed by atoms with Crippen molar-refractivity contribution < 1.29 is 9.18 Å². The number of nitrogens with zero attached hydrogens (tertiary/aromatic N) is 1. The Balaban J connectivity index is 2.24. The van der Waals surface area contributed by atoms with Gasteiger partial charge >= 0.3 is 0 Å². The van der Waals surface area contributed by atoms with E-state index in [1.807, 2.05) is 24.9 Å². The van der Waals surface area contributed by atoms with Gasteiger partial charge in [-0.2, -0.15) is 0 Å². The molecule has 1 fully saturated rings. The molecule has 19 heavy (non-hydrogen) atoms. The van der Waals surface area contributed by atoms with Gasteiger partial charge in [-0.3, -0.25) is 4.79 Å². The third-order valence-corrected chi connectivity index (χ3v) is 3.35. The fourth-order valence-electron chi connectivity index (χ4n) is 2.46. The van der Waals surface area contributed by atoms with Crippen LogP contribution in [0.15, 0.2) is 24.3 Å². The van der Waals surface area contributed by atoms with Gasteiger partial charge in [0.15, 0.2) is 0 Å². The average Bonchev–Trinajstić information content (AvgIpc) is 2.37. The standard InChI is InChI=1S/C14H20FN3O/c1-10-9-18(12-5-3-4-11(15)8-12)13(6-7-16-2)14(19)17-10/h3-5,8,10,13,16H,6-7,9H2,1-2H3,(H,17,19). The van der Waals surface area contributed by atoms with E-state index in [1.165, 1.54) is 12.1 Å². The van der Waals surface area contributed by atoms with Crippen LogP contribution < -0.4 is 15.5 Å². The fraction of sp³-hybridized carbons (Fsp3) is 0.500. The average molecular weight is 265 g/mol. The first-order valence-electron chi connectivity index (χ1n) is 6.59. The van der Waals surface area contributed by atoms with Gasteiger partial charge in [0.25, 0.3) is 0 Å². The van der Waals surface area contributed by atoms with Crippen LogP contribution in [-0.2, 0) is 4.79 Å². The lowest BCUT2D eigenvalue weighted by molar-refractivity contribution is -0.124. The Bertz CT molecular complexity index is 452. The van der Waals surface area contributed by atoms with Crippen LogP contribution in [0, 0.1) is 5.82 Å². The van der Waals surface area contributed by atoms with Gasteiger partial charge in [-0.15, -0.1) is 0 Å². The first kappa shape index (κ1) is 13.8. The summed E-state index contributed by atoms with van der Waals surface area (Å²) in [5.74, 6) is -0.262. The molecule has 0 aliphatic carbocycles. The molecule has 4 nitrogen and oxygen atoms in total. The molecule has 2 unspecified atom stereocenters. The molecule has 104 valence electrons. The lowest BCUT2D eigenvalue weighted by Crippen LogP contribution is -2.59. The lowest BCUT2D eigenvalue weighted by Gasteiger charge is -2.40. The van der Waals surface area contributed by atoms with E-state index in [0.29, 0.717) is 13.0 Å². The molecule has 1 aliphatic rings. The van der Waals surface area contributed by atoms with Crippen molar-refractivity contribution in [3.63, 3.8) is 0 Å². The summed E-state index contributed by atoms with van der Waals surface area (Å²) in [5.41, 5.74) is 0.766. The van der Waals surface area contributed by atoms with Crippen molar-refractivity contribution >= 4 is 11.6 Å². The topological polar surface area (TPSA) is 44.4 Å². The van der Waals surface area contributed by atoms with E-state index in [1.54, 1.807) is 6.07 Å². The number of rotatable bonds is 4. The summed E-state index contributed by atoms with van der Waals surface area (Å²) in [6.07, 6.45) is 0.700. The number of nitrogens with one attached hydrogen (secondary N) is 2. The van der Waals surface area contributed by atoms with Crippen molar-refractivity contribution in [3.05, 3.63) is 30.1 Å². The molecule has 0 radical (unpaired) electrons. The quantitative estimate of drug-likeness (QED) is 0.858. The number of hydrogen-bond donors (Lipinski definition) is 2. The molecule has 1 saturated heterocycles. The highest BCUT2D eigenvalue weighted by molar-refractivity contribution is 5.87. The number of amides is 1. The van der Waals surface area contributed by atoms with E-state index in [9.17, 15) is 9.18 Å². The van der Waals surface area contributed by atoms with Gasteiger partial charge in [0.1, 0.15) is 11.9 Å². The van der Waals surface area contributed by atoms with Crippen molar-refractivity contribution in [2.24, 2.45) is 0 Å². The van der Waals surface area contributed by atoms with E-state index < -0.39 is 0 Å². The molecule has 1 aliphatic heterocycles. The Labute approximate surface area is 113 Å². The van der Waals surface area contributed by atoms with Crippen LogP contribution in [0.5, 0.6) is 0 Å². The van der Waals surface area contributed by atoms with Crippen LogP contribution >= 0.6 is 0 Å². The number of benzene rings is 1. The highest BCUT2D eigenvalue weighted by atomic mass is 19.1. The summed E-state index contributed by atoms with van der Waals surface area (Å²) in [4.78, 5) is 14.1. The first-order valence-corrected chi connectivity index (χ1v) is 6.59. The minimum absolute atomic E-state index is 0.0123. The van der Waals surface area contributed by atoms with E-state index >= 15 is 0 Å². The van der Waals surface area contributed by atoms with Crippen LogP contribution in [0.4, 0.5) is 10.1 Å². The molecule has 2 rings (SSSR count). The lowest BCUT2D eigenvalue weighted by atomic mass is 10.0. The molecule has 5 heteroatoms. The summed E-state index contributed by atoms with van der Waals surface area (Å²) < 4.78 is 13.4.